The number of aromatic nitrogens is 1. The lowest BCUT2D eigenvalue weighted by molar-refractivity contribution is -0.159. The molecule has 5 heteroatoms. The van der Waals surface area contributed by atoms with Crippen LogP contribution in [-0.4, -0.2) is 22.0 Å². The first-order chi connectivity index (χ1) is 12.1. The van der Waals surface area contributed by atoms with Gasteiger partial charge < -0.3 is 9.84 Å². The molecule has 5 nitrogen and oxygen atoms in total. The topological polar surface area (TPSA) is 76.5 Å². The molecule has 3 rings (SSSR count). The number of esters is 1. The summed E-state index contributed by atoms with van der Waals surface area (Å²) in [6, 6.07) is 18.3. The van der Waals surface area contributed by atoms with Crippen LogP contribution >= 0.6 is 0 Å². The zero-order valence-corrected chi connectivity index (χ0v) is 13.5. The van der Waals surface area contributed by atoms with Gasteiger partial charge in [0.05, 0.1) is 5.52 Å². The van der Waals surface area contributed by atoms with E-state index in [1.165, 1.54) is 0 Å². The van der Waals surface area contributed by atoms with Crippen molar-refractivity contribution < 1.29 is 19.4 Å². The Hall–Kier alpha value is -3.21. The van der Waals surface area contributed by atoms with Crippen molar-refractivity contribution in [1.82, 2.24) is 4.98 Å². The van der Waals surface area contributed by atoms with Crippen LogP contribution in [-0.2, 0) is 27.4 Å². The number of para-hydroxylation sites is 1. The molecule has 126 valence electrons. The molecule has 0 amide bonds. The van der Waals surface area contributed by atoms with Crippen LogP contribution in [0.5, 0.6) is 0 Å². The molecule has 0 radical (unpaired) electrons. The van der Waals surface area contributed by atoms with Gasteiger partial charge in [0, 0.05) is 11.6 Å². The molecule has 1 heterocycles. The van der Waals surface area contributed by atoms with Crippen molar-refractivity contribution in [2.24, 2.45) is 5.92 Å². The van der Waals surface area contributed by atoms with Gasteiger partial charge in [-0.3, -0.25) is 14.6 Å². The molecule has 1 unspecified atom stereocenters. The van der Waals surface area contributed by atoms with Crippen LogP contribution < -0.4 is 0 Å². The van der Waals surface area contributed by atoms with Crippen molar-refractivity contribution in [3.8, 4) is 0 Å². The first-order valence-electron chi connectivity index (χ1n) is 7.91. The summed E-state index contributed by atoms with van der Waals surface area (Å²) in [6.45, 7) is 0.0561. The summed E-state index contributed by atoms with van der Waals surface area (Å²) in [6.07, 6.45) is 1.68. The average Bonchev–Trinajstić information content (AvgIpc) is 2.65. The number of hydrogen-bond donors (Lipinski definition) is 1. The van der Waals surface area contributed by atoms with E-state index in [-0.39, 0.29) is 13.0 Å². The van der Waals surface area contributed by atoms with Gasteiger partial charge >= 0.3 is 11.9 Å². The van der Waals surface area contributed by atoms with E-state index in [9.17, 15) is 14.7 Å². The molecule has 1 N–H and O–H groups in total. The Morgan fingerprint density at radius 1 is 1.00 bits per heavy atom. The van der Waals surface area contributed by atoms with Crippen molar-refractivity contribution >= 4 is 22.8 Å². The van der Waals surface area contributed by atoms with Crippen molar-refractivity contribution in [3.05, 3.63) is 78.0 Å². The number of fused-ring (bicyclic) bond motifs is 1. The van der Waals surface area contributed by atoms with Crippen molar-refractivity contribution in [2.45, 2.75) is 13.0 Å². The van der Waals surface area contributed by atoms with Gasteiger partial charge in [-0.2, -0.15) is 0 Å². The molecule has 0 spiro atoms. The molecule has 0 aliphatic rings. The number of nitrogens with zero attached hydrogens (tertiary/aromatic N) is 1. The summed E-state index contributed by atoms with van der Waals surface area (Å²) in [5.41, 5.74) is 2.34. The third kappa shape index (κ3) is 4.01. The van der Waals surface area contributed by atoms with E-state index in [0.717, 1.165) is 22.0 Å². The minimum atomic E-state index is -1.26. The molecule has 0 fully saturated rings. The molecule has 3 aromatic rings. The van der Waals surface area contributed by atoms with E-state index in [0.29, 0.717) is 0 Å². The van der Waals surface area contributed by atoms with E-state index in [2.05, 4.69) is 4.98 Å². The molecule has 0 saturated carbocycles. The van der Waals surface area contributed by atoms with Gasteiger partial charge in [-0.1, -0.05) is 48.5 Å². The second-order valence-electron chi connectivity index (χ2n) is 5.68. The molecule has 1 aromatic heterocycles. The molecule has 0 aliphatic heterocycles. The zero-order valence-electron chi connectivity index (χ0n) is 13.5. The Bertz CT molecular complexity index is 887. The van der Waals surface area contributed by atoms with Crippen LogP contribution in [0, 0.1) is 5.92 Å². The number of carboxylic acids is 1. The highest BCUT2D eigenvalue weighted by Gasteiger charge is 2.28. The number of hydrogen-bond acceptors (Lipinski definition) is 4. The summed E-state index contributed by atoms with van der Waals surface area (Å²) in [5.74, 6) is -3.19. The summed E-state index contributed by atoms with van der Waals surface area (Å²) in [4.78, 5) is 28.1. The average molecular weight is 335 g/mol. The van der Waals surface area contributed by atoms with E-state index in [4.69, 9.17) is 4.74 Å². The molecule has 0 saturated heterocycles. The Balaban J connectivity index is 1.76. The van der Waals surface area contributed by atoms with Crippen molar-refractivity contribution in [3.63, 3.8) is 0 Å². The summed E-state index contributed by atoms with van der Waals surface area (Å²) in [5, 5.41) is 10.3. The number of ether oxygens (including phenoxy) is 1. The first-order valence-corrected chi connectivity index (χ1v) is 7.91. The number of rotatable bonds is 6. The predicted octanol–water partition coefficient (Wildman–Crippen LogP) is 3.22. The second-order valence-corrected chi connectivity index (χ2v) is 5.68. The minimum Gasteiger partial charge on any atom is -0.481 e. The fraction of sp³-hybridized carbons (Fsp3) is 0.150. The Morgan fingerprint density at radius 2 is 1.72 bits per heavy atom. The summed E-state index contributed by atoms with van der Waals surface area (Å²) >= 11 is 0. The standard InChI is InChI=1S/C20H17NO4/c22-19(23)17(20(24)25-13-14-6-2-1-3-7-14)12-15-10-11-21-18-9-5-4-8-16(15)18/h1-11,17H,12-13H2,(H,22,23). The van der Waals surface area contributed by atoms with Crippen LogP contribution in [0.25, 0.3) is 10.9 Å². The number of carbonyl (C=O) groups excluding carboxylic acids is 1. The lowest BCUT2D eigenvalue weighted by Crippen LogP contribution is -2.28. The first kappa shape index (κ1) is 16.6. The molecular weight excluding hydrogens is 318 g/mol. The number of pyridine rings is 1. The number of carbonyl (C=O) groups is 2. The van der Waals surface area contributed by atoms with Gasteiger partial charge in [-0.25, -0.2) is 0 Å². The highest BCUT2D eigenvalue weighted by Crippen LogP contribution is 2.20. The molecule has 0 bridgehead atoms. The molecule has 25 heavy (non-hydrogen) atoms. The minimum absolute atomic E-state index is 0.0561. The summed E-state index contributed by atoms with van der Waals surface area (Å²) in [7, 11) is 0. The van der Waals surface area contributed by atoms with E-state index in [1.54, 1.807) is 12.3 Å². The maximum atomic E-state index is 12.3. The van der Waals surface area contributed by atoms with Gasteiger partial charge in [-0.05, 0) is 29.7 Å². The summed E-state index contributed by atoms with van der Waals surface area (Å²) < 4.78 is 5.20. The molecular formula is C20H17NO4. The quantitative estimate of drug-likeness (QED) is 0.553. The highest BCUT2D eigenvalue weighted by atomic mass is 16.5. The van der Waals surface area contributed by atoms with Gasteiger partial charge in [0.25, 0.3) is 0 Å². The fourth-order valence-corrected chi connectivity index (χ4v) is 2.65. The van der Waals surface area contributed by atoms with Crippen LogP contribution in [0.3, 0.4) is 0 Å². The monoisotopic (exact) mass is 335 g/mol. The SMILES string of the molecule is O=C(O)C(Cc1ccnc2ccccc12)C(=O)OCc1ccccc1. The Labute approximate surface area is 144 Å². The second kappa shape index (κ2) is 7.57. The molecule has 2 aromatic carbocycles. The number of carboxylic acid groups (broad SMARTS) is 1. The van der Waals surface area contributed by atoms with Crippen LogP contribution in [0.1, 0.15) is 11.1 Å². The highest BCUT2D eigenvalue weighted by molar-refractivity contribution is 5.95. The van der Waals surface area contributed by atoms with E-state index >= 15 is 0 Å². The van der Waals surface area contributed by atoms with Gasteiger partial charge in [0.15, 0.2) is 5.92 Å². The molecule has 1 atom stereocenters. The third-order valence-corrected chi connectivity index (χ3v) is 3.97. The largest absolute Gasteiger partial charge is 0.481 e. The zero-order chi connectivity index (χ0) is 17.6. The lowest BCUT2D eigenvalue weighted by Gasteiger charge is -2.13. The maximum absolute atomic E-state index is 12.3. The number of aliphatic carboxylic acids is 1. The van der Waals surface area contributed by atoms with Crippen molar-refractivity contribution in [2.75, 3.05) is 0 Å². The fourth-order valence-electron chi connectivity index (χ4n) is 2.65. The van der Waals surface area contributed by atoms with E-state index in [1.807, 2.05) is 54.6 Å². The smallest absolute Gasteiger partial charge is 0.320 e. The maximum Gasteiger partial charge on any atom is 0.320 e. The molecule has 0 aliphatic carbocycles. The van der Waals surface area contributed by atoms with Crippen LogP contribution in [0.4, 0.5) is 0 Å². The van der Waals surface area contributed by atoms with Gasteiger partial charge in [0.2, 0.25) is 0 Å². The Morgan fingerprint density at radius 3 is 2.48 bits per heavy atom. The van der Waals surface area contributed by atoms with Gasteiger partial charge in [-0.15, -0.1) is 0 Å². The normalized spacial score (nSPS) is 11.8. The van der Waals surface area contributed by atoms with E-state index < -0.39 is 17.9 Å². The predicted molar refractivity (Wildman–Crippen MR) is 92.8 cm³/mol. The van der Waals surface area contributed by atoms with Crippen LogP contribution in [0.15, 0.2) is 66.9 Å². The Kier molecular flexibility index (Phi) is 5.04. The lowest BCUT2D eigenvalue weighted by atomic mass is 9.97. The van der Waals surface area contributed by atoms with Crippen LogP contribution in [0.2, 0.25) is 0 Å². The third-order valence-electron chi connectivity index (χ3n) is 3.97. The van der Waals surface area contributed by atoms with Gasteiger partial charge in [0.1, 0.15) is 6.61 Å². The number of benzene rings is 2. The van der Waals surface area contributed by atoms with Crippen molar-refractivity contribution in [1.29, 1.82) is 0 Å².